The van der Waals surface area contributed by atoms with Gasteiger partial charge < -0.3 is 4.74 Å². The molecule has 0 bridgehead atoms. The number of para-hydroxylation sites is 1. The first-order valence-electron chi connectivity index (χ1n) is 5.42. The lowest BCUT2D eigenvalue weighted by Crippen LogP contribution is -1.97. The average Bonchev–Trinajstić information content (AvgIpc) is 2.25. The van der Waals surface area contributed by atoms with Crippen LogP contribution in [0.25, 0.3) is 0 Å². The minimum Gasteiger partial charge on any atom is -0.496 e. The van der Waals surface area contributed by atoms with Crippen molar-refractivity contribution in [1.82, 2.24) is 0 Å². The summed E-state index contributed by atoms with van der Waals surface area (Å²) in [5.41, 5.74) is 1.34. The predicted molar refractivity (Wildman–Crippen MR) is 60.9 cm³/mol. The summed E-state index contributed by atoms with van der Waals surface area (Å²) < 4.78 is 5.35. The highest BCUT2D eigenvalue weighted by molar-refractivity contribution is 5.35. The van der Waals surface area contributed by atoms with Crippen LogP contribution in [0, 0.1) is 0 Å². The summed E-state index contributed by atoms with van der Waals surface area (Å²) in [5.74, 6) is 1.63. The lowest BCUT2D eigenvalue weighted by molar-refractivity contribution is 0.404. The highest BCUT2D eigenvalue weighted by atomic mass is 16.5. The van der Waals surface area contributed by atoms with E-state index in [1.54, 1.807) is 7.11 Å². The standard InChI is InChI=1S/C13H20O/c1-4-5-8-11(2)12-9-6-7-10-13(12)14-3/h6-7,9-11H,4-5,8H2,1-3H3/t11-/m1/s1. The molecule has 0 aliphatic heterocycles. The van der Waals surface area contributed by atoms with Gasteiger partial charge in [0.1, 0.15) is 5.75 Å². The number of rotatable bonds is 5. The van der Waals surface area contributed by atoms with E-state index in [-0.39, 0.29) is 0 Å². The second-order valence-electron chi connectivity index (χ2n) is 3.79. The third-order valence-electron chi connectivity index (χ3n) is 2.66. The van der Waals surface area contributed by atoms with Gasteiger partial charge in [0.15, 0.2) is 0 Å². The molecule has 0 fully saturated rings. The summed E-state index contributed by atoms with van der Waals surface area (Å²) in [7, 11) is 1.74. The highest BCUT2D eigenvalue weighted by Gasteiger charge is 2.09. The number of hydrogen-bond acceptors (Lipinski definition) is 1. The maximum atomic E-state index is 5.35. The van der Waals surface area contributed by atoms with Crippen LogP contribution in [0.1, 0.15) is 44.6 Å². The maximum absolute atomic E-state index is 5.35. The van der Waals surface area contributed by atoms with Crippen LogP contribution in [0.3, 0.4) is 0 Å². The summed E-state index contributed by atoms with van der Waals surface area (Å²) >= 11 is 0. The Labute approximate surface area is 87.1 Å². The second-order valence-corrected chi connectivity index (χ2v) is 3.79. The zero-order chi connectivity index (χ0) is 10.4. The van der Waals surface area contributed by atoms with Crippen molar-refractivity contribution >= 4 is 0 Å². The number of unbranched alkanes of at least 4 members (excludes halogenated alkanes) is 1. The van der Waals surface area contributed by atoms with Gasteiger partial charge in [-0.1, -0.05) is 44.9 Å². The van der Waals surface area contributed by atoms with Crippen LogP contribution in [-0.4, -0.2) is 7.11 Å². The number of methoxy groups -OCH3 is 1. The first kappa shape index (κ1) is 11.1. The molecular formula is C13H20O. The molecule has 0 radical (unpaired) electrons. The van der Waals surface area contributed by atoms with Crippen LogP contribution in [0.4, 0.5) is 0 Å². The number of ether oxygens (including phenoxy) is 1. The fourth-order valence-electron chi connectivity index (χ4n) is 1.74. The Morgan fingerprint density at radius 1 is 1.29 bits per heavy atom. The minimum atomic E-state index is 0.603. The van der Waals surface area contributed by atoms with Crippen molar-refractivity contribution < 1.29 is 4.74 Å². The first-order valence-corrected chi connectivity index (χ1v) is 5.42. The quantitative estimate of drug-likeness (QED) is 0.685. The van der Waals surface area contributed by atoms with E-state index >= 15 is 0 Å². The Kier molecular flexibility index (Phi) is 4.51. The van der Waals surface area contributed by atoms with Crippen molar-refractivity contribution in [2.24, 2.45) is 0 Å². The molecule has 1 aromatic carbocycles. The molecule has 1 heteroatoms. The van der Waals surface area contributed by atoms with Gasteiger partial charge in [0.05, 0.1) is 7.11 Å². The summed E-state index contributed by atoms with van der Waals surface area (Å²) in [6, 6.07) is 8.31. The van der Waals surface area contributed by atoms with E-state index in [1.807, 2.05) is 12.1 Å². The molecule has 1 nitrogen and oxygen atoms in total. The van der Waals surface area contributed by atoms with Crippen LogP contribution < -0.4 is 4.74 Å². The molecule has 1 atom stereocenters. The van der Waals surface area contributed by atoms with Crippen molar-refractivity contribution in [3.63, 3.8) is 0 Å². The molecule has 0 heterocycles. The SMILES string of the molecule is CCCC[C@@H](C)c1ccccc1OC. The molecule has 0 aliphatic carbocycles. The van der Waals surface area contributed by atoms with Gasteiger partial charge in [-0.05, 0) is 24.0 Å². The van der Waals surface area contributed by atoms with Crippen molar-refractivity contribution in [3.8, 4) is 5.75 Å². The second kappa shape index (κ2) is 5.69. The van der Waals surface area contributed by atoms with Gasteiger partial charge >= 0.3 is 0 Å². The fraction of sp³-hybridized carbons (Fsp3) is 0.538. The Morgan fingerprint density at radius 2 is 2.00 bits per heavy atom. The van der Waals surface area contributed by atoms with Crippen LogP contribution in [0.5, 0.6) is 5.75 Å². The average molecular weight is 192 g/mol. The van der Waals surface area contributed by atoms with Gasteiger partial charge in [-0.15, -0.1) is 0 Å². The fourth-order valence-corrected chi connectivity index (χ4v) is 1.74. The number of benzene rings is 1. The Hall–Kier alpha value is -0.980. The van der Waals surface area contributed by atoms with Gasteiger partial charge in [-0.3, -0.25) is 0 Å². The van der Waals surface area contributed by atoms with Crippen molar-refractivity contribution in [3.05, 3.63) is 29.8 Å². The number of hydrogen-bond donors (Lipinski definition) is 0. The van der Waals surface area contributed by atoms with Gasteiger partial charge in [-0.25, -0.2) is 0 Å². The molecule has 0 aliphatic rings. The van der Waals surface area contributed by atoms with Crippen molar-refractivity contribution in [2.75, 3.05) is 7.11 Å². The third kappa shape index (κ3) is 2.76. The zero-order valence-corrected chi connectivity index (χ0v) is 9.42. The molecule has 0 amide bonds. The zero-order valence-electron chi connectivity index (χ0n) is 9.42. The van der Waals surface area contributed by atoms with E-state index in [2.05, 4.69) is 26.0 Å². The molecular weight excluding hydrogens is 172 g/mol. The van der Waals surface area contributed by atoms with Crippen LogP contribution in [0.2, 0.25) is 0 Å². The Bertz CT molecular complexity index is 268. The van der Waals surface area contributed by atoms with Crippen LogP contribution in [-0.2, 0) is 0 Å². The van der Waals surface area contributed by atoms with Crippen molar-refractivity contribution in [1.29, 1.82) is 0 Å². The molecule has 0 saturated carbocycles. The van der Waals surface area contributed by atoms with E-state index < -0.39 is 0 Å². The van der Waals surface area contributed by atoms with Crippen LogP contribution >= 0.6 is 0 Å². The summed E-state index contributed by atoms with van der Waals surface area (Å²) in [5, 5.41) is 0. The first-order chi connectivity index (χ1) is 6.79. The van der Waals surface area contributed by atoms with Gasteiger partial charge in [0.25, 0.3) is 0 Å². The molecule has 0 unspecified atom stereocenters. The highest BCUT2D eigenvalue weighted by Crippen LogP contribution is 2.29. The van der Waals surface area contributed by atoms with Crippen LogP contribution in [0.15, 0.2) is 24.3 Å². The predicted octanol–water partition coefficient (Wildman–Crippen LogP) is 3.99. The molecule has 14 heavy (non-hydrogen) atoms. The molecule has 0 aromatic heterocycles. The molecule has 1 rings (SSSR count). The minimum absolute atomic E-state index is 0.603. The van der Waals surface area contributed by atoms with Gasteiger partial charge in [0.2, 0.25) is 0 Å². The van der Waals surface area contributed by atoms with Crippen molar-refractivity contribution in [2.45, 2.75) is 39.0 Å². The normalized spacial score (nSPS) is 12.5. The Morgan fingerprint density at radius 3 is 2.64 bits per heavy atom. The molecule has 0 spiro atoms. The summed E-state index contributed by atoms with van der Waals surface area (Å²) in [6.45, 7) is 4.50. The topological polar surface area (TPSA) is 9.23 Å². The largest absolute Gasteiger partial charge is 0.496 e. The molecule has 0 N–H and O–H groups in total. The third-order valence-corrected chi connectivity index (χ3v) is 2.66. The summed E-state index contributed by atoms with van der Waals surface area (Å²) in [6.07, 6.45) is 3.80. The molecule has 78 valence electrons. The van der Waals surface area contributed by atoms with Gasteiger partial charge in [-0.2, -0.15) is 0 Å². The van der Waals surface area contributed by atoms with E-state index in [9.17, 15) is 0 Å². The van der Waals surface area contributed by atoms with E-state index in [4.69, 9.17) is 4.74 Å². The Balaban J connectivity index is 2.72. The summed E-state index contributed by atoms with van der Waals surface area (Å²) in [4.78, 5) is 0. The monoisotopic (exact) mass is 192 g/mol. The molecule has 0 saturated heterocycles. The lowest BCUT2D eigenvalue weighted by atomic mass is 9.95. The molecule has 1 aromatic rings. The maximum Gasteiger partial charge on any atom is 0.122 e. The van der Waals surface area contributed by atoms with E-state index in [1.165, 1.54) is 24.8 Å². The lowest BCUT2D eigenvalue weighted by Gasteiger charge is -2.14. The van der Waals surface area contributed by atoms with E-state index in [0.717, 1.165) is 5.75 Å². The smallest absolute Gasteiger partial charge is 0.122 e. The van der Waals surface area contributed by atoms with Gasteiger partial charge in [0, 0.05) is 0 Å². The van der Waals surface area contributed by atoms with E-state index in [0.29, 0.717) is 5.92 Å².